The Morgan fingerprint density at radius 3 is 2.61 bits per heavy atom. The van der Waals surface area contributed by atoms with Crippen LogP contribution in [0.1, 0.15) is 42.7 Å². The van der Waals surface area contributed by atoms with Crippen LogP contribution >= 0.6 is 11.3 Å². The predicted octanol–water partition coefficient (Wildman–Crippen LogP) is 1.97. The van der Waals surface area contributed by atoms with Gasteiger partial charge in [0, 0.05) is 44.0 Å². The maximum Gasteiger partial charge on any atom is 0.262 e. The molecule has 28 heavy (non-hydrogen) atoms. The lowest BCUT2D eigenvalue weighted by Gasteiger charge is -2.34. The Morgan fingerprint density at radius 2 is 2.00 bits per heavy atom. The Bertz CT molecular complexity index is 987. The smallest absolute Gasteiger partial charge is 0.262 e. The van der Waals surface area contributed by atoms with Gasteiger partial charge in [0.05, 0.1) is 17.6 Å². The number of rotatable bonds is 3. The molecule has 2 aliphatic rings. The molecule has 2 aliphatic heterocycles. The number of hydrogen-bond donors (Lipinski definition) is 0. The summed E-state index contributed by atoms with van der Waals surface area (Å²) in [7, 11) is 1.74. The third kappa shape index (κ3) is 3.13. The van der Waals surface area contributed by atoms with Crippen molar-refractivity contribution in [2.24, 2.45) is 5.92 Å². The van der Waals surface area contributed by atoms with Crippen LogP contribution in [0.4, 0.5) is 0 Å². The lowest BCUT2D eigenvalue weighted by atomic mass is 10.0. The van der Waals surface area contributed by atoms with E-state index in [-0.39, 0.29) is 29.3 Å². The molecule has 0 radical (unpaired) electrons. The summed E-state index contributed by atoms with van der Waals surface area (Å²) in [5.41, 5.74) is 1.15. The van der Waals surface area contributed by atoms with Crippen LogP contribution in [0.3, 0.4) is 0 Å². The van der Waals surface area contributed by atoms with Crippen molar-refractivity contribution in [3.63, 3.8) is 0 Å². The fraction of sp³-hybridized carbons (Fsp3) is 0.600. The van der Waals surface area contributed by atoms with Crippen LogP contribution in [0.2, 0.25) is 0 Å². The third-order valence-corrected chi connectivity index (χ3v) is 7.21. The van der Waals surface area contributed by atoms with E-state index >= 15 is 0 Å². The van der Waals surface area contributed by atoms with E-state index in [1.807, 2.05) is 11.8 Å². The van der Waals surface area contributed by atoms with E-state index in [4.69, 9.17) is 0 Å². The SMILES string of the molecule is CCc1c(C)sc2ncn(C3CCN(C(=O)[C@H]4CC(=O)N(C)C4)CC3)c(=O)c12. The molecule has 7 nitrogen and oxygen atoms in total. The maximum atomic E-state index is 13.1. The van der Waals surface area contributed by atoms with Gasteiger partial charge in [-0.1, -0.05) is 6.92 Å². The van der Waals surface area contributed by atoms with E-state index in [2.05, 4.69) is 11.9 Å². The number of aryl methyl sites for hydroxylation is 2. The molecule has 2 amide bonds. The van der Waals surface area contributed by atoms with Crippen molar-refractivity contribution in [3.05, 3.63) is 27.1 Å². The molecule has 4 rings (SSSR count). The molecule has 0 aromatic carbocycles. The first-order chi connectivity index (χ1) is 13.4. The van der Waals surface area contributed by atoms with Gasteiger partial charge < -0.3 is 9.80 Å². The number of fused-ring (bicyclic) bond motifs is 1. The van der Waals surface area contributed by atoms with Crippen molar-refractivity contribution in [3.8, 4) is 0 Å². The van der Waals surface area contributed by atoms with Crippen molar-refractivity contribution in [1.82, 2.24) is 19.4 Å². The summed E-state index contributed by atoms with van der Waals surface area (Å²) in [6, 6.07) is 0.0613. The second-order valence-electron chi connectivity index (χ2n) is 7.86. The number of hydrogen-bond acceptors (Lipinski definition) is 5. The number of aromatic nitrogens is 2. The van der Waals surface area contributed by atoms with E-state index in [9.17, 15) is 14.4 Å². The quantitative estimate of drug-likeness (QED) is 0.787. The first-order valence-corrected chi connectivity index (χ1v) is 10.7. The summed E-state index contributed by atoms with van der Waals surface area (Å²) >= 11 is 1.58. The maximum absolute atomic E-state index is 13.1. The summed E-state index contributed by atoms with van der Waals surface area (Å²) in [6.07, 6.45) is 4.29. The van der Waals surface area contributed by atoms with Gasteiger partial charge in [0.25, 0.3) is 5.56 Å². The Balaban J connectivity index is 1.50. The van der Waals surface area contributed by atoms with Gasteiger partial charge in [0.15, 0.2) is 0 Å². The molecule has 150 valence electrons. The van der Waals surface area contributed by atoms with Gasteiger partial charge >= 0.3 is 0 Å². The molecule has 8 heteroatoms. The van der Waals surface area contributed by atoms with Crippen LogP contribution in [0.15, 0.2) is 11.1 Å². The zero-order chi connectivity index (χ0) is 20.0. The van der Waals surface area contributed by atoms with Crippen LogP contribution in [-0.4, -0.2) is 57.8 Å². The average Bonchev–Trinajstić information content (AvgIpc) is 3.20. The first-order valence-electron chi connectivity index (χ1n) is 9.92. The number of amides is 2. The van der Waals surface area contributed by atoms with E-state index in [1.165, 1.54) is 0 Å². The van der Waals surface area contributed by atoms with Gasteiger partial charge in [0.2, 0.25) is 11.8 Å². The van der Waals surface area contributed by atoms with E-state index in [0.29, 0.717) is 26.1 Å². The molecule has 0 bridgehead atoms. The lowest BCUT2D eigenvalue weighted by Crippen LogP contribution is -2.43. The highest BCUT2D eigenvalue weighted by molar-refractivity contribution is 7.18. The van der Waals surface area contributed by atoms with Gasteiger partial charge in [-0.3, -0.25) is 19.0 Å². The van der Waals surface area contributed by atoms with Crippen molar-refractivity contribution >= 4 is 33.4 Å². The third-order valence-electron chi connectivity index (χ3n) is 6.15. The minimum absolute atomic E-state index is 0.0388. The molecule has 0 spiro atoms. The van der Waals surface area contributed by atoms with Gasteiger partial charge in [-0.15, -0.1) is 11.3 Å². The summed E-state index contributed by atoms with van der Waals surface area (Å²) in [4.78, 5) is 47.6. The molecule has 2 saturated heterocycles. The molecule has 0 saturated carbocycles. The molecule has 4 heterocycles. The van der Waals surface area contributed by atoms with Crippen LogP contribution in [0.5, 0.6) is 0 Å². The highest BCUT2D eigenvalue weighted by Gasteiger charge is 2.36. The second kappa shape index (κ2) is 7.31. The minimum atomic E-state index is -0.226. The molecule has 1 atom stereocenters. The zero-order valence-corrected chi connectivity index (χ0v) is 17.4. The summed E-state index contributed by atoms with van der Waals surface area (Å²) in [6.45, 7) is 5.86. The standard InChI is InChI=1S/C20H26N4O3S/c1-4-15-12(2)28-18-17(15)20(27)24(11-21-18)14-5-7-23(8-6-14)19(26)13-9-16(25)22(3)10-13/h11,13-14H,4-10H2,1-3H3/t13-/m0/s1. The summed E-state index contributed by atoms with van der Waals surface area (Å²) < 4.78 is 1.77. The Morgan fingerprint density at radius 1 is 1.29 bits per heavy atom. The fourth-order valence-electron chi connectivity index (χ4n) is 4.51. The molecule has 2 fully saturated rings. The van der Waals surface area contributed by atoms with E-state index < -0.39 is 0 Å². The van der Waals surface area contributed by atoms with Gasteiger partial charge in [0.1, 0.15) is 4.83 Å². The number of nitrogens with zero attached hydrogens (tertiary/aromatic N) is 4. The fourth-order valence-corrected chi connectivity index (χ4v) is 5.58. The van der Waals surface area contributed by atoms with Crippen LogP contribution in [-0.2, 0) is 16.0 Å². The minimum Gasteiger partial charge on any atom is -0.345 e. The van der Waals surface area contributed by atoms with E-state index in [0.717, 1.165) is 39.9 Å². The van der Waals surface area contributed by atoms with Crippen LogP contribution < -0.4 is 5.56 Å². The number of thiophene rings is 1. The largest absolute Gasteiger partial charge is 0.345 e. The molecular weight excluding hydrogens is 376 g/mol. The van der Waals surface area contributed by atoms with Crippen LogP contribution in [0.25, 0.3) is 10.2 Å². The van der Waals surface area contributed by atoms with Gasteiger partial charge in [-0.2, -0.15) is 0 Å². The average molecular weight is 403 g/mol. The Labute approximate surface area is 168 Å². The molecule has 2 aromatic rings. The molecule has 0 N–H and O–H groups in total. The molecule has 2 aromatic heterocycles. The highest BCUT2D eigenvalue weighted by Crippen LogP contribution is 2.29. The van der Waals surface area contributed by atoms with Crippen molar-refractivity contribution < 1.29 is 9.59 Å². The Kier molecular flexibility index (Phi) is 4.99. The predicted molar refractivity (Wildman–Crippen MR) is 109 cm³/mol. The normalized spacial score (nSPS) is 21.1. The van der Waals surface area contributed by atoms with Crippen LogP contribution in [0, 0.1) is 12.8 Å². The summed E-state index contributed by atoms with van der Waals surface area (Å²) in [5.74, 6) is -0.119. The molecule has 0 unspecified atom stereocenters. The number of carbonyl (C=O) groups is 2. The lowest BCUT2D eigenvalue weighted by molar-refractivity contribution is -0.137. The highest BCUT2D eigenvalue weighted by atomic mass is 32.1. The zero-order valence-electron chi connectivity index (χ0n) is 16.6. The van der Waals surface area contributed by atoms with Crippen molar-refractivity contribution in [2.75, 3.05) is 26.7 Å². The summed E-state index contributed by atoms with van der Waals surface area (Å²) in [5, 5.41) is 0.763. The topological polar surface area (TPSA) is 75.5 Å². The first kappa shape index (κ1) is 19.1. The monoisotopic (exact) mass is 402 g/mol. The second-order valence-corrected chi connectivity index (χ2v) is 9.06. The number of piperidine rings is 1. The van der Waals surface area contributed by atoms with Crippen molar-refractivity contribution in [1.29, 1.82) is 0 Å². The van der Waals surface area contributed by atoms with Crippen molar-refractivity contribution in [2.45, 2.75) is 45.6 Å². The van der Waals surface area contributed by atoms with Gasteiger partial charge in [-0.05, 0) is 31.7 Å². The molecular formula is C20H26N4O3S. The Hall–Kier alpha value is -2.22. The van der Waals surface area contributed by atoms with Gasteiger partial charge in [-0.25, -0.2) is 4.98 Å². The number of carbonyl (C=O) groups excluding carboxylic acids is 2. The number of likely N-dealkylation sites (tertiary alicyclic amines) is 2. The molecule has 0 aliphatic carbocycles. The van der Waals surface area contributed by atoms with E-state index in [1.54, 1.807) is 34.2 Å².